The number of rotatable bonds is 5. The van der Waals surface area contributed by atoms with E-state index in [9.17, 15) is 19.4 Å². The molecule has 1 aliphatic rings. The predicted molar refractivity (Wildman–Crippen MR) is 93.7 cm³/mol. The van der Waals surface area contributed by atoms with Crippen LogP contribution in [0, 0.1) is 0 Å². The fourth-order valence-electron chi connectivity index (χ4n) is 3.59. The first-order chi connectivity index (χ1) is 11.3. The molecule has 2 nitrogen and oxygen atoms in total. The minimum atomic E-state index is -9.61. The summed E-state index contributed by atoms with van der Waals surface area (Å²) in [4.78, 5) is 2.77. The van der Waals surface area contributed by atoms with Gasteiger partial charge in [0.25, 0.3) is 0 Å². The van der Waals surface area contributed by atoms with Crippen LogP contribution in [-0.2, 0) is 0 Å². The monoisotopic (exact) mass is 386 g/mol. The van der Waals surface area contributed by atoms with Crippen molar-refractivity contribution in [1.82, 2.24) is 9.80 Å². The van der Waals surface area contributed by atoms with Gasteiger partial charge in [-0.1, -0.05) is 45.4 Å². The lowest BCUT2D eigenvalue weighted by Crippen LogP contribution is -2.57. The summed E-state index contributed by atoms with van der Waals surface area (Å²) < 4.78 is 64.4. The Labute approximate surface area is 146 Å². The highest BCUT2D eigenvalue weighted by Crippen LogP contribution is 3.02. The Morgan fingerprint density at radius 1 is 0.960 bits per heavy atom. The molecular weight excluding hydrogens is 359 g/mol. The highest BCUT2D eigenvalue weighted by atomic mass is 32.5. The second-order valence-electron chi connectivity index (χ2n) is 6.97. The molecule has 0 amide bonds. The molecule has 0 N–H and O–H groups in total. The Bertz CT molecular complexity index is 602. The summed E-state index contributed by atoms with van der Waals surface area (Å²) >= 11 is 0. The molecule has 8 heteroatoms. The first-order valence-electron chi connectivity index (χ1n) is 8.56. The Morgan fingerprint density at radius 3 is 1.92 bits per heavy atom. The quantitative estimate of drug-likeness (QED) is 0.555. The van der Waals surface area contributed by atoms with Gasteiger partial charge in [-0.2, -0.15) is 0 Å². The maximum absolute atomic E-state index is 12.9. The summed E-state index contributed by atoms with van der Waals surface area (Å²) in [6, 6.07) is 3.95. The third kappa shape index (κ3) is 4.65. The van der Waals surface area contributed by atoms with E-state index >= 15 is 0 Å². The predicted octanol–water partition coefficient (Wildman–Crippen LogP) is 6.21. The van der Waals surface area contributed by atoms with Crippen LogP contribution in [-0.4, -0.2) is 42.0 Å². The van der Waals surface area contributed by atoms with Crippen LogP contribution in [0.3, 0.4) is 0 Å². The highest BCUT2D eigenvalue weighted by Gasteiger charge is 2.65. The zero-order valence-corrected chi connectivity index (χ0v) is 15.9. The summed E-state index contributed by atoms with van der Waals surface area (Å²) in [6.07, 6.45) is 1.91. The van der Waals surface area contributed by atoms with Gasteiger partial charge in [0.1, 0.15) is 4.90 Å². The minimum Gasteiger partial charge on any atom is -0.301 e. The topological polar surface area (TPSA) is 6.48 Å². The molecular formula is C17H27F5N2S. The summed E-state index contributed by atoms with van der Waals surface area (Å²) in [6.45, 7) is 7.83. The van der Waals surface area contributed by atoms with Crippen LogP contribution in [0.15, 0.2) is 29.2 Å². The lowest BCUT2D eigenvalue weighted by atomic mass is 9.98. The van der Waals surface area contributed by atoms with Crippen LogP contribution < -0.4 is 0 Å². The van der Waals surface area contributed by atoms with Crippen molar-refractivity contribution >= 4 is 10.2 Å². The van der Waals surface area contributed by atoms with E-state index in [0.29, 0.717) is 23.7 Å². The molecule has 1 aromatic carbocycles. The number of nitrogens with zero attached hydrogens (tertiary/aromatic N) is 2. The second-order valence-corrected chi connectivity index (χ2v) is 9.38. The van der Waals surface area contributed by atoms with E-state index in [1.807, 2.05) is 6.92 Å². The number of halogens is 5. The molecule has 0 saturated carbocycles. The SMILES string of the molecule is CC[C@H]1CN([C@@H](C)c2ccc(S(F)(F)(F)(F)F)cc2)[C@H](CC)CN1C. The van der Waals surface area contributed by atoms with Crippen LogP contribution in [0.1, 0.15) is 45.2 Å². The standard InChI is InChI=1S/C17H27F5N2S/c1-5-15-12-24(16(6-2)11-23(15)4)13(3)14-7-9-17(10-8-14)25(18,19,20,21)22/h7-10,13,15-16H,5-6,11-12H2,1-4H3/t13-,15-,16+/m0/s1. The first-order valence-corrected chi connectivity index (χ1v) is 10.5. The van der Waals surface area contributed by atoms with Gasteiger partial charge in [0.05, 0.1) is 0 Å². The van der Waals surface area contributed by atoms with Crippen molar-refractivity contribution in [2.75, 3.05) is 20.1 Å². The molecule has 0 aromatic heterocycles. The Balaban J connectivity index is 2.26. The van der Waals surface area contributed by atoms with E-state index in [1.165, 1.54) is 12.1 Å². The molecule has 3 atom stereocenters. The number of piperazine rings is 1. The molecule has 1 aliphatic heterocycles. The van der Waals surface area contributed by atoms with Gasteiger partial charge in [0.15, 0.2) is 0 Å². The normalized spacial score (nSPS) is 27.6. The molecule has 2 rings (SSSR count). The van der Waals surface area contributed by atoms with Gasteiger partial charge in [0, 0.05) is 31.2 Å². The van der Waals surface area contributed by atoms with E-state index < -0.39 is 15.1 Å². The van der Waals surface area contributed by atoms with Gasteiger partial charge >= 0.3 is 10.2 Å². The molecule has 146 valence electrons. The van der Waals surface area contributed by atoms with Crippen LogP contribution in [0.4, 0.5) is 19.4 Å². The van der Waals surface area contributed by atoms with Crippen molar-refractivity contribution in [3.05, 3.63) is 29.8 Å². The molecule has 0 aliphatic carbocycles. The third-order valence-electron chi connectivity index (χ3n) is 5.26. The molecule has 0 radical (unpaired) electrons. The van der Waals surface area contributed by atoms with Gasteiger partial charge < -0.3 is 4.90 Å². The van der Waals surface area contributed by atoms with Gasteiger partial charge in [-0.25, -0.2) is 0 Å². The minimum absolute atomic E-state index is 0.125. The number of benzene rings is 1. The molecule has 0 bridgehead atoms. The van der Waals surface area contributed by atoms with Gasteiger partial charge in [-0.15, -0.1) is 0 Å². The highest BCUT2D eigenvalue weighted by molar-refractivity contribution is 8.45. The number of hydrogen-bond donors (Lipinski definition) is 0. The molecule has 1 aromatic rings. The van der Waals surface area contributed by atoms with E-state index in [4.69, 9.17) is 0 Å². The summed E-state index contributed by atoms with van der Waals surface area (Å²) in [5, 5.41) is 0. The van der Waals surface area contributed by atoms with Gasteiger partial charge in [-0.05, 0) is 44.5 Å². The fraction of sp³-hybridized carbons (Fsp3) is 0.647. The summed E-state index contributed by atoms with van der Waals surface area (Å²) in [7, 11) is -7.52. The maximum atomic E-state index is 12.9. The number of likely N-dealkylation sites (N-methyl/N-ethyl adjacent to an activating group) is 1. The molecule has 1 saturated heterocycles. The Kier molecular flexibility index (Phi) is 4.99. The first kappa shape index (κ1) is 20.5. The van der Waals surface area contributed by atoms with Crippen LogP contribution in [0.2, 0.25) is 0 Å². The van der Waals surface area contributed by atoms with Crippen LogP contribution in [0.5, 0.6) is 0 Å². The lowest BCUT2D eigenvalue weighted by Gasteiger charge is -2.47. The zero-order valence-electron chi connectivity index (χ0n) is 15.1. The molecule has 0 spiro atoms. The zero-order chi connectivity index (χ0) is 19.1. The third-order valence-corrected chi connectivity index (χ3v) is 6.42. The van der Waals surface area contributed by atoms with Crippen molar-refractivity contribution in [2.45, 2.75) is 56.6 Å². The van der Waals surface area contributed by atoms with Crippen molar-refractivity contribution in [3.8, 4) is 0 Å². The average molecular weight is 386 g/mol. The van der Waals surface area contributed by atoms with Crippen molar-refractivity contribution in [1.29, 1.82) is 0 Å². The van der Waals surface area contributed by atoms with Crippen molar-refractivity contribution < 1.29 is 19.4 Å². The molecule has 1 heterocycles. The fourth-order valence-corrected chi connectivity index (χ4v) is 4.24. The smallest absolute Gasteiger partial charge is 0.301 e. The largest absolute Gasteiger partial charge is 0.310 e. The number of hydrogen-bond acceptors (Lipinski definition) is 2. The van der Waals surface area contributed by atoms with Crippen molar-refractivity contribution in [3.63, 3.8) is 0 Å². The van der Waals surface area contributed by atoms with Gasteiger partial charge in [-0.3, -0.25) is 4.90 Å². The van der Waals surface area contributed by atoms with Gasteiger partial charge in [0.2, 0.25) is 0 Å². The van der Waals surface area contributed by atoms with E-state index in [2.05, 4.69) is 30.7 Å². The lowest BCUT2D eigenvalue weighted by molar-refractivity contribution is 0.0155. The summed E-state index contributed by atoms with van der Waals surface area (Å²) in [5.41, 5.74) is 0.628. The van der Waals surface area contributed by atoms with Crippen LogP contribution >= 0.6 is 10.2 Å². The van der Waals surface area contributed by atoms with E-state index in [-0.39, 0.29) is 12.1 Å². The van der Waals surface area contributed by atoms with E-state index in [1.54, 1.807) is 0 Å². The Morgan fingerprint density at radius 2 is 1.48 bits per heavy atom. The molecule has 0 unspecified atom stereocenters. The Hall–Kier alpha value is -0.860. The molecule has 25 heavy (non-hydrogen) atoms. The maximum Gasteiger partial charge on any atom is 0.310 e. The second kappa shape index (κ2) is 6.09. The van der Waals surface area contributed by atoms with Crippen molar-refractivity contribution in [2.24, 2.45) is 0 Å². The summed E-state index contributed by atoms with van der Waals surface area (Å²) in [5.74, 6) is 0. The van der Waals surface area contributed by atoms with Crippen LogP contribution in [0.25, 0.3) is 0 Å². The average Bonchev–Trinajstić information content (AvgIpc) is 2.52. The molecule has 1 fully saturated rings. The van der Waals surface area contributed by atoms with E-state index in [0.717, 1.165) is 25.9 Å².